The van der Waals surface area contributed by atoms with E-state index in [0.29, 0.717) is 6.42 Å². The zero-order valence-electron chi connectivity index (χ0n) is 8.83. The van der Waals surface area contributed by atoms with E-state index in [4.69, 9.17) is 0 Å². The van der Waals surface area contributed by atoms with E-state index in [1.54, 1.807) is 0 Å². The molecule has 0 aromatic heterocycles. The Morgan fingerprint density at radius 2 is 1.38 bits per heavy atom. The van der Waals surface area contributed by atoms with Crippen LogP contribution in [-0.2, 0) is 0 Å². The highest BCUT2D eigenvalue weighted by atomic mass is 19.3. The lowest BCUT2D eigenvalue weighted by Crippen LogP contribution is -2.35. The minimum absolute atomic E-state index is 0. The molecule has 0 saturated heterocycles. The standard InChI is InChI=1S/C6H9F3.C4H10/c1-5(7)3-2-4-6(5,8)9;1-4(2)3/h2-4H2,1H3;4H,1-3H3. The van der Waals surface area contributed by atoms with Gasteiger partial charge in [-0.05, 0) is 25.7 Å². The molecule has 0 N–H and O–H groups in total. The predicted molar refractivity (Wildman–Crippen MR) is 48.8 cm³/mol. The second-order valence-corrected chi connectivity index (χ2v) is 4.49. The van der Waals surface area contributed by atoms with Gasteiger partial charge in [-0.25, -0.2) is 13.2 Å². The fraction of sp³-hybridized carbons (Fsp3) is 1.00. The summed E-state index contributed by atoms with van der Waals surface area (Å²) < 4.78 is 37.3. The molecule has 1 saturated carbocycles. The summed E-state index contributed by atoms with van der Waals surface area (Å²) in [5, 5.41) is 0. The van der Waals surface area contributed by atoms with E-state index in [1.807, 2.05) is 0 Å². The molecule has 0 heterocycles. The van der Waals surface area contributed by atoms with Gasteiger partial charge in [0, 0.05) is 6.42 Å². The number of halogens is 3. The highest BCUT2D eigenvalue weighted by Gasteiger charge is 2.54. The first kappa shape index (κ1) is 12.8. The topological polar surface area (TPSA) is 0 Å². The van der Waals surface area contributed by atoms with E-state index in [9.17, 15) is 13.2 Å². The first-order valence-corrected chi connectivity index (χ1v) is 4.76. The molecule has 0 aromatic carbocycles. The van der Waals surface area contributed by atoms with Gasteiger partial charge in [-0.1, -0.05) is 20.8 Å². The zero-order valence-corrected chi connectivity index (χ0v) is 8.83. The fourth-order valence-electron chi connectivity index (χ4n) is 1.09. The molecular formula is C10H19F3. The van der Waals surface area contributed by atoms with Crippen LogP contribution in [-0.4, -0.2) is 11.6 Å². The fourth-order valence-corrected chi connectivity index (χ4v) is 1.09. The van der Waals surface area contributed by atoms with Crippen molar-refractivity contribution in [3.8, 4) is 0 Å². The highest BCUT2D eigenvalue weighted by Crippen LogP contribution is 2.45. The lowest BCUT2D eigenvalue weighted by molar-refractivity contribution is -0.105. The summed E-state index contributed by atoms with van der Waals surface area (Å²) in [5.74, 6) is -2.24. The van der Waals surface area contributed by atoms with Crippen LogP contribution in [0.2, 0.25) is 0 Å². The SMILES string of the molecule is CC(C)C.CC1(F)CCCC1(F)F. The summed E-state index contributed by atoms with van der Waals surface area (Å²) >= 11 is 0. The second-order valence-electron chi connectivity index (χ2n) is 4.49. The molecule has 1 aliphatic carbocycles. The van der Waals surface area contributed by atoms with Crippen molar-refractivity contribution in [2.75, 3.05) is 0 Å². The third kappa shape index (κ3) is 4.01. The van der Waals surface area contributed by atoms with Gasteiger partial charge in [0.25, 0.3) is 5.92 Å². The Morgan fingerprint density at radius 1 is 1.00 bits per heavy atom. The van der Waals surface area contributed by atoms with Gasteiger partial charge in [-0.3, -0.25) is 0 Å². The van der Waals surface area contributed by atoms with Gasteiger partial charge in [0.15, 0.2) is 5.67 Å². The third-order valence-corrected chi connectivity index (χ3v) is 1.90. The minimum Gasteiger partial charge on any atom is -0.238 e. The summed E-state index contributed by atoms with van der Waals surface area (Å²) in [6.45, 7) is 7.47. The molecule has 0 bridgehead atoms. The molecule has 0 amide bonds. The van der Waals surface area contributed by atoms with E-state index in [0.717, 1.165) is 12.8 Å². The Labute approximate surface area is 78.5 Å². The van der Waals surface area contributed by atoms with Crippen LogP contribution in [0.3, 0.4) is 0 Å². The lowest BCUT2D eigenvalue weighted by Gasteiger charge is -2.21. The molecule has 0 spiro atoms. The van der Waals surface area contributed by atoms with E-state index in [1.165, 1.54) is 0 Å². The maximum atomic E-state index is 12.6. The van der Waals surface area contributed by atoms with Crippen LogP contribution in [0.15, 0.2) is 0 Å². The van der Waals surface area contributed by atoms with E-state index in [-0.39, 0.29) is 12.8 Å². The van der Waals surface area contributed by atoms with Crippen molar-refractivity contribution >= 4 is 0 Å². The molecule has 0 radical (unpaired) electrons. The van der Waals surface area contributed by atoms with Crippen molar-refractivity contribution in [3.05, 3.63) is 0 Å². The van der Waals surface area contributed by atoms with Crippen LogP contribution in [0.4, 0.5) is 13.2 Å². The van der Waals surface area contributed by atoms with Gasteiger partial charge < -0.3 is 0 Å². The lowest BCUT2D eigenvalue weighted by atomic mass is 10.1. The van der Waals surface area contributed by atoms with Crippen LogP contribution < -0.4 is 0 Å². The summed E-state index contributed by atoms with van der Waals surface area (Å²) in [7, 11) is 0. The average Bonchev–Trinajstić information content (AvgIpc) is 2.04. The van der Waals surface area contributed by atoms with Gasteiger partial charge in [0.2, 0.25) is 0 Å². The molecule has 1 unspecified atom stereocenters. The molecule has 0 aliphatic heterocycles. The number of hydrogen-bond acceptors (Lipinski definition) is 0. The minimum atomic E-state index is -3.08. The summed E-state index contributed by atoms with van der Waals surface area (Å²) in [6, 6.07) is 0. The molecule has 80 valence electrons. The Bertz CT molecular complexity index is 133. The van der Waals surface area contributed by atoms with Crippen molar-refractivity contribution in [1.29, 1.82) is 0 Å². The van der Waals surface area contributed by atoms with E-state index < -0.39 is 11.6 Å². The molecule has 1 atom stereocenters. The predicted octanol–water partition coefficient (Wildman–Crippen LogP) is 4.20. The monoisotopic (exact) mass is 196 g/mol. The van der Waals surface area contributed by atoms with Crippen molar-refractivity contribution in [2.45, 2.75) is 58.5 Å². The Morgan fingerprint density at radius 3 is 1.46 bits per heavy atom. The van der Waals surface area contributed by atoms with Crippen molar-refractivity contribution in [3.63, 3.8) is 0 Å². The van der Waals surface area contributed by atoms with Crippen LogP contribution in [0.1, 0.15) is 47.0 Å². The van der Waals surface area contributed by atoms with Gasteiger partial charge in [-0.2, -0.15) is 0 Å². The van der Waals surface area contributed by atoms with Gasteiger partial charge in [0.1, 0.15) is 0 Å². The molecule has 0 nitrogen and oxygen atoms in total. The molecule has 13 heavy (non-hydrogen) atoms. The smallest absolute Gasteiger partial charge is 0.238 e. The van der Waals surface area contributed by atoms with Gasteiger partial charge >= 0.3 is 0 Å². The average molecular weight is 196 g/mol. The van der Waals surface area contributed by atoms with Gasteiger partial charge in [-0.15, -0.1) is 0 Å². The zero-order chi connectivity index (χ0) is 10.7. The van der Waals surface area contributed by atoms with Crippen LogP contribution >= 0.6 is 0 Å². The molecular weight excluding hydrogens is 177 g/mol. The van der Waals surface area contributed by atoms with E-state index in [2.05, 4.69) is 20.8 Å². The highest BCUT2D eigenvalue weighted by molar-refractivity contribution is 4.95. The molecule has 1 aliphatic rings. The summed E-state index contributed by atoms with van der Waals surface area (Å²) in [5.41, 5.74) is -2.24. The van der Waals surface area contributed by atoms with Gasteiger partial charge in [0.05, 0.1) is 0 Å². The Hall–Kier alpha value is -0.210. The second kappa shape index (κ2) is 4.34. The quantitative estimate of drug-likeness (QED) is 0.544. The number of rotatable bonds is 0. The molecule has 0 aromatic rings. The maximum absolute atomic E-state index is 12.6. The summed E-state index contributed by atoms with van der Waals surface area (Å²) in [6.07, 6.45) is 0.0139. The van der Waals surface area contributed by atoms with E-state index >= 15 is 0 Å². The largest absolute Gasteiger partial charge is 0.281 e. The summed E-state index contributed by atoms with van der Waals surface area (Å²) in [4.78, 5) is 0. The normalized spacial score (nSPS) is 31.4. The van der Waals surface area contributed by atoms with Crippen molar-refractivity contribution in [2.24, 2.45) is 5.92 Å². The van der Waals surface area contributed by atoms with Crippen molar-refractivity contribution < 1.29 is 13.2 Å². The first-order chi connectivity index (χ1) is 5.69. The first-order valence-electron chi connectivity index (χ1n) is 4.76. The molecule has 1 fully saturated rings. The Kier molecular flexibility index (Phi) is 4.27. The maximum Gasteiger partial charge on any atom is 0.281 e. The third-order valence-electron chi connectivity index (χ3n) is 1.90. The van der Waals surface area contributed by atoms with Crippen LogP contribution in [0, 0.1) is 5.92 Å². The molecule has 1 rings (SSSR count). The number of alkyl halides is 3. The molecule has 3 heteroatoms. The van der Waals surface area contributed by atoms with Crippen LogP contribution in [0.25, 0.3) is 0 Å². The Balaban J connectivity index is 0.000000310. The van der Waals surface area contributed by atoms with Crippen LogP contribution in [0.5, 0.6) is 0 Å². The van der Waals surface area contributed by atoms with Crippen molar-refractivity contribution in [1.82, 2.24) is 0 Å². The number of hydrogen-bond donors (Lipinski definition) is 0.